The Balaban J connectivity index is 2.43. The topological polar surface area (TPSA) is 83.4 Å². The monoisotopic (exact) mass is 193 g/mol. The molecule has 2 amide bonds. The van der Waals surface area contributed by atoms with Gasteiger partial charge in [0.2, 0.25) is 0 Å². The van der Waals surface area contributed by atoms with Crippen molar-refractivity contribution in [1.29, 1.82) is 0 Å². The molecule has 72 valence electrons. The van der Waals surface area contributed by atoms with Gasteiger partial charge >= 0.3 is 0 Å². The van der Waals surface area contributed by atoms with Crippen molar-refractivity contribution in [2.24, 2.45) is 0 Å². The average Bonchev–Trinajstić information content (AvgIpc) is 2.45. The molecule has 0 saturated carbocycles. The summed E-state index contributed by atoms with van der Waals surface area (Å²) in [6.07, 6.45) is 2.71. The number of aliphatic hydroxyl groups is 1. The average molecular weight is 193 g/mol. The fourth-order valence-corrected chi connectivity index (χ4v) is 1.30. The molecule has 0 spiro atoms. The molecule has 1 aromatic rings. The molecule has 0 bridgehead atoms. The van der Waals surface area contributed by atoms with Crippen molar-refractivity contribution >= 4 is 11.8 Å². The van der Waals surface area contributed by atoms with Crippen LogP contribution in [0.3, 0.4) is 0 Å². The zero-order chi connectivity index (χ0) is 10.1. The van der Waals surface area contributed by atoms with E-state index in [4.69, 9.17) is 5.11 Å². The lowest BCUT2D eigenvalue weighted by Gasteiger charge is -2.09. The molecule has 2 heterocycles. The maximum Gasteiger partial charge on any atom is 0.281 e. The fraction of sp³-hybridized carbons (Fsp3) is 0.250. The first-order chi connectivity index (χ1) is 6.75. The van der Waals surface area contributed by atoms with E-state index in [1.54, 1.807) is 0 Å². The molecule has 1 aliphatic heterocycles. The molecule has 0 radical (unpaired) electrons. The van der Waals surface area contributed by atoms with Gasteiger partial charge in [-0.2, -0.15) is 0 Å². The van der Waals surface area contributed by atoms with Crippen LogP contribution in [0.15, 0.2) is 12.4 Å². The van der Waals surface area contributed by atoms with Crippen molar-refractivity contribution in [3.63, 3.8) is 0 Å². The number of imide groups is 1. The number of aromatic nitrogens is 2. The molecule has 2 rings (SSSR count). The van der Waals surface area contributed by atoms with Gasteiger partial charge in [-0.05, 0) is 0 Å². The quantitative estimate of drug-likeness (QED) is 0.613. The standard InChI is InChI=1S/C8H7N3O3/c12-4-3-11-7(13)5-6(8(11)14)10-2-1-9-5/h1-2,12H,3-4H2. The molecule has 1 aliphatic rings. The van der Waals surface area contributed by atoms with E-state index in [1.165, 1.54) is 12.4 Å². The second-order valence-corrected chi connectivity index (χ2v) is 2.74. The Morgan fingerprint density at radius 2 is 1.64 bits per heavy atom. The maximum atomic E-state index is 11.5. The summed E-state index contributed by atoms with van der Waals surface area (Å²) >= 11 is 0. The summed E-state index contributed by atoms with van der Waals surface area (Å²) in [4.78, 5) is 31.4. The summed E-state index contributed by atoms with van der Waals surface area (Å²) in [6, 6.07) is 0. The molecule has 1 aromatic heterocycles. The number of rotatable bonds is 2. The minimum Gasteiger partial charge on any atom is -0.395 e. The van der Waals surface area contributed by atoms with E-state index in [0.717, 1.165) is 4.90 Å². The normalized spacial score (nSPS) is 14.8. The van der Waals surface area contributed by atoms with Gasteiger partial charge in [0, 0.05) is 12.4 Å². The van der Waals surface area contributed by atoms with Crippen LogP contribution in [-0.2, 0) is 0 Å². The van der Waals surface area contributed by atoms with Crippen LogP contribution in [0.25, 0.3) is 0 Å². The summed E-state index contributed by atoms with van der Waals surface area (Å²) < 4.78 is 0. The van der Waals surface area contributed by atoms with Gasteiger partial charge in [-0.3, -0.25) is 14.5 Å². The summed E-state index contributed by atoms with van der Waals surface area (Å²) in [7, 11) is 0. The molecule has 6 nitrogen and oxygen atoms in total. The molecule has 0 atom stereocenters. The Morgan fingerprint density at radius 1 is 1.14 bits per heavy atom. The van der Waals surface area contributed by atoms with Gasteiger partial charge in [-0.25, -0.2) is 9.97 Å². The largest absolute Gasteiger partial charge is 0.395 e. The molecule has 0 aromatic carbocycles. The van der Waals surface area contributed by atoms with Crippen molar-refractivity contribution in [2.45, 2.75) is 0 Å². The zero-order valence-electron chi connectivity index (χ0n) is 7.17. The highest BCUT2D eigenvalue weighted by Crippen LogP contribution is 2.17. The number of carbonyl (C=O) groups is 2. The number of hydrogen-bond donors (Lipinski definition) is 1. The third-order valence-corrected chi connectivity index (χ3v) is 1.92. The molecule has 0 unspecified atom stereocenters. The molecule has 1 N–H and O–H groups in total. The van der Waals surface area contributed by atoms with E-state index >= 15 is 0 Å². The minimum atomic E-state index is -0.493. The Labute approximate surface area is 79.2 Å². The lowest BCUT2D eigenvalue weighted by Crippen LogP contribution is -2.32. The van der Waals surface area contributed by atoms with Crippen molar-refractivity contribution < 1.29 is 14.7 Å². The molecular weight excluding hydrogens is 186 g/mol. The van der Waals surface area contributed by atoms with Crippen LogP contribution in [0, 0.1) is 0 Å². The number of amides is 2. The number of β-amino-alcohol motifs (C(OH)–C–C–N with tert-alkyl or cyclic N) is 1. The smallest absolute Gasteiger partial charge is 0.281 e. The Hall–Kier alpha value is -1.82. The number of aliphatic hydroxyl groups excluding tert-OH is 1. The van der Waals surface area contributed by atoms with Crippen molar-refractivity contribution in [3.05, 3.63) is 23.8 Å². The Kier molecular flexibility index (Phi) is 1.97. The van der Waals surface area contributed by atoms with Crippen molar-refractivity contribution in [2.75, 3.05) is 13.2 Å². The van der Waals surface area contributed by atoms with E-state index < -0.39 is 11.8 Å². The molecule has 0 aliphatic carbocycles. The molecule has 0 fully saturated rings. The summed E-state index contributed by atoms with van der Waals surface area (Å²) in [5.74, 6) is -0.987. The predicted molar refractivity (Wildman–Crippen MR) is 44.5 cm³/mol. The van der Waals surface area contributed by atoms with Crippen LogP contribution in [0.4, 0.5) is 0 Å². The van der Waals surface area contributed by atoms with Gasteiger partial charge in [0.25, 0.3) is 11.8 Å². The lowest BCUT2D eigenvalue weighted by molar-refractivity contribution is 0.0620. The van der Waals surface area contributed by atoms with Crippen LogP contribution in [-0.4, -0.2) is 44.9 Å². The van der Waals surface area contributed by atoms with E-state index in [-0.39, 0.29) is 24.5 Å². The SMILES string of the molecule is O=C1c2nccnc2C(=O)N1CCO. The second kappa shape index (κ2) is 3.15. The highest BCUT2D eigenvalue weighted by Gasteiger charge is 2.37. The number of fused-ring (bicyclic) bond motifs is 1. The van der Waals surface area contributed by atoms with Gasteiger partial charge in [-0.1, -0.05) is 0 Å². The molecule has 6 heteroatoms. The van der Waals surface area contributed by atoms with Crippen LogP contribution in [0.1, 0.15) is 21.0 Å². The summed E-state index contributed by atoms with van der Waals surface area (Å²) in [6.45, 7) is -0.277. The molecule has 14 heavy (non-hydrogen) atoms. The van der Waals surface area contributed by atoms with Crippen LogP contribution >= 0.6 is 0 Å². The Morgan fingerprint density at radius 3 is 2.07 bits per heavy atom. The van der Waals surface area contributed by atoms with Gasteiger partial charge in [-0.15, -0.1) is 0 Å². The first-order valence-corrected chi connectivity index (χ1v) is 4.03. The van der Waals surface area contributed by atoms with E-state index in [0.29, 0.717) is 0 Å². The zero-order valence-corrected chi connectivity index (χ0v) is 7.17. The third kappa shape index (κ3) is 1.08. The van der Waals surface area contributed by atoms with E-state index in [1.807, 2.05) is 0 Å². The van der Waals surface area contributed by atoms with Gasteiger partial charge in [0.05, 0.1) is 13.2 Å². The van der Waals surface area contributed by atoms with Gasteiger partial charge in [0.15, 0.2) is 11.4 Å². The highest BCUT2D eigenvalue weighted by molar-refractivity contribution is 6.19. The fourth-order valence-electron chi connectivity index (χ4n) is 1.30. The van der Waals surface area contributed by atoms with Gasteiger partial charge in [0.1, 0.15) is 0 Å². The summed E-state index contributed by atoms with van der Waals surface area (Å²) in [5.41, 5.74) is 0.122. The number of hydrogen-bond acceptors (Lipinski definition) is 5. The number of carbonyl (C=O) groups excluding carboxylic acids is 2. The van der Waals surface area contributed by atoms with Crippen LogP contribution in [0.2, 0.25) is 0 Å². The lowest BCUT2D eigenvalue weighted by atomic mass is 10.3. The second-order valence-electron chi connectivity index (χ2n) is 2.74. The predicted octanol–water partition coefficient (Wildman–Crippen LogP) is -0.935. The van der Waals surface area contributed by atoms with E-state index in [2.05, 4.69) is 9.97 Å². The first kappa shape index (κ1) is 8.76. The minimum absolute atomic E-state index is 0.0181. The maximum absolute atomic E-state index is 11.5. The number of nitrogens with zero attached hydrogens (tertiary/aromatic N) is 3. The third-order valence-electron chi connectivity index (χ3n) is 1.92. The molecular formula is C8H7N3O3. The van der Waals surface area contributed by atoms with Crippen LogP contribution < -0.4 is 0 Å². The highest BCUT2D eigenvalue weighted by atomic mass is 16.3. The van der Waals surface area contributed by atoms with Crippen molar-refractivity contribution in [3.8, 4) is 0 Å². The summed E-state index contributed by atoms with van der Waals surface area (Å²) in [5, 5.41) is 8.65. The van der Waals surface area contributed by atoms with Gasteiger partial charge < -0.3 is 5.11 Å². The molecule has 0 saturated heterocycles. The first-order valence-electron chi connectivity index (χ1n) is 4.03. The van der Waals surface area contributed by atoms with Crippen molar-refractivity contribution in [1.82, 2.24) is 14.9 Å². The Bertz CT molecular complexity index is 370. The van der Waals surface area contributed by atoms with E-state index in [9.17, 15) is 9.59 Å². The van der Waals surface area contributed by atoms with Crippen LogP contribution in [0.5, 0.6) is 0 Å².